The molecule has 0 bridgehead atoms. The summed E-state index contributed by atoms with van der Waals surface area (Å²) >= 11 is 0. The van der Waals surface area contributed by atoms with E-state index in [2.05, 4.69) is 4.98 Å². The summed E-state index contributed by atoms with van der Waals surface area (Å²) in [5, 5.41) is 0. The van der Waals surface area contributed by atoms with Crippen LogP contribution in [0.1, 0.15) is 21.5 Å². The first kappa shape index (κ1) is 18.0. The lowest BCUT2D eigenvalue weighted by Gasteiger charge is -2.40. The van der Waals surface area contributed by atoms with Gasteiger partial charge in [0.05, 0.1) is 13.1 Å². The van der Waals surface area contributed by atoms with Crippen molar-refractivity contribution < 1.29 is 27.1 Å². The molecule has 1 aliphatic heterocycles. The molecule has 2 N–H and O–H groups in total. The summed E-state index contributed by atoms with van der Waals surface area (Å²) in [7, 11) is 0. The number of ether oxygens (including phenoxy) is 1. The van der Waals surface area contributed by atoms with Crippen molar-refractivity contribution in [3.05, 3.63) is 46.5 Å². The molecule has 1 saturated heterocycles. The van der Waals surface area contributed by atoms with Crippen molar-refractivity contribution in [1.82, 2.24) is 4.98 Å². The summed E-state index contributed by atoms with van der Waals surface area (Å²) in [4.78, 5) is 17.1. The van der Waals surface area contributed by atoms with Gasteiger partial charge in [-0.25, -0.2) is 17.6 Å². The van der Waals surface area contributed by atoms with Gasteiger partial charge in [-0.15, -0.1) is 0 Å². The number of rotatable bonds is 4. The lowest BCUT2D eigenvalue weighted by molar-refractivity contribution is -0.0268. The van der Waals surface area contributed by atoms with E-state index in [1.54, 1.807) is 6.92 Å². The molecule has 26 heavy (non-hydrogen) atoms. The minimum atomic E-state index is -2.81. The van der Waals surface area contributed by atoms with Crippen LogP contribution in [0.2, 0.25) is 0 Å². The second-order valence-electron chi connectivity index (χ2n) is 6.14. The predicted molar refractivity (Wildman–Crippen MR) is 85.8 cm³/mol. The van der Waals surface area contributed by atoms with Crippen LogP contribution in [0.3, 0.4) is 0 Å². The quantitative estimate of drug-likeness (QED) is 0.840. The predicted octanol–water partition coefficient (Wildman–Crippen LogP) is 3.32. The van der Waals surface area contributed by atoms with Crippen LogP contribution in [-0.4, -0.2) is 29.9 Å². The van der Waals surface area contributed by atoms with Gasteiger partial charge in [-0.1, -0.05) is 0 Å². The number of benzene rings is 1. The monoisotopic (exact) mass is 369 g/mol. The maximum Gasteiger partial charge on any atom is 0.282 e. The highest BCUT2D eigenvalue weighted by atomic mass is 19.3. The number of pyridine rings is 1. The summed E-state index contributed by atoms with van der Waals surface area (Å²) in [6, 6.07) is 3.41. The largest absolute Gasteiger partial charge is 0.438 e. The number of carbonyl (C=O) groups excluding carboxylic acids is 1. The molecule has 138 valence electrons. The Hall–Kier alpha value is -2.84. The van der Waals surface area contributed by atoms with Gasteiger partial charge in [0.15, 0.2) is 11.6 Å². The highest BCUT2D eigenvalue weighted by Crippen LogP contribution is 2.36. The van der Waals surface area contributed by atoms with E-state index in [0.717, 1.165) is 6.07 Å². The zero-order valence-corrected chi connectivity index (χ0v) is 13.9. The van der Waals surface area contributed by atoms with Crippen molar-refractivity contribution in [3.8, 4) is 11.6 Å². The fraction of sp³-hybridized carbons (Fsp3) is 0.294. The van der Waals surface area contributed by atoms with E-state index in [0.29, 0.717) is 5.56 Å². The summed E-state index contributed by atoms with van der Waals surface area (Å²) in [6.07, 6.45) is 0. The van der Waals surface area contributed by atoms with Gasteiger partial charge in [-0.2, -0.15) is 4.98 Å². The number of halogens is 4. The van der Waals surface area contributed by atoms with Crippen LogP contribution in [0.4, 0.5) is 23.4 Å². The molecular formula is C17H15F4N3O2. The fourth-order valence-corrected chi connectivity index (χ4v) is 2.67. The van der Waals surface area contributed by atoms with Gasteiger partial charge in [0.1, 0.15) is 17.1 Å². The van der Waals surface area contributed by atoms with E-state index in [-0.39, 0.29) is 28.6 Å². The number of aryl methyl sites for hydroxylation is 1. The van der Waals surface area contributed by atoms with Crippen LogP contribution in [0.15, 0.2) is 18.2 Å². The van der Waals surface area contributed by atoms with Crippen LogP contribution in [0, 0.1) is 25.5 Å². The maximum atomic E-state index is 13.7. The molecule has 0 atom stereocenters. The van der Waals surface area contributed by atoms with Crippen molar-refractivity contribution in [2.24, 2.45) is 5.73 Å². The van der Waals surface area contributed by atoms with Gasteiger partial charge in [0.25, 0.3) is 11.8 Å². The van der Waals surface area contributed by atoms with E-state index >= 15 is 0 Å². The van der Waals surface area contributed by atoms with Crippen LogP contribution >= 0.6 is 0 Å². The molecule has 0 aliphatic carbocycles. The average molecular weight is 369 g/mol. The Bertz CT molecular complexity index is 894. The summed E-state index contributed by atoms with van der Waals surface area (Å²) in [5.41, 5.74) is 5.56. The van der Waals surface area contributed by atoms with Crippen molar-refractivity contribution in [2.45, 2.75) is 19.8 Å². The molecule has 0 saturated carbocycles. The zero-order valence-electron chi connectivity index (χ0n) is 13.9. The number of hydrogen-bond acceptors (Lipinski definition) is 4. The number of nitrogens with two attached hydrogens (primary N) is 1. The van der Waals surface area contributed by atoms with Crippen LogP contribution < -0.4 is 15.4 Å². The first-order chi connectivity index (χ1) is 12.1. The highest BCUT2D eigenvalue weighted by Gasteiger charge is 2.45. The second kappa shape index (κ2) is 6.15. The van der Waals surface area contributed by atoms with E-state index in [4.69, 9.17) is 10.5 Å². The van der Waals surface area contributed by atoms with E-state index in [9.17, 15) is 22.4 Å². The minimum absolute atomic E-state index is 0.0670. The number of nitrogens with zero attached hydrogens (tertiary/aromatic N) is 2. The minimum Gasteiger partial charge on any atom is -0.438 e. The van der Waals surface area contributed by atoms with Gasteiger partial charge in [0.2, 0.25) is 5.88 Å². The molecule has 1 aromatic carbocycles. The standard InChI is InChI=1S/C17H15F4N3O2/c1-8-5-10(14(22)25)16(23-15(8)24-6-17(20,21)7-24)26-12-4-3-11(18)13(19)9(12)2/h3-5H,6-7H2,1-2H3,(H2,22,25). The topological polar surface area (TPSA) is 68.5 Å². The third-order valence-corrected chi connectivity index (χ3v) is 4.06. The van der Waals surface area contributed by atoms with Gasteiger partial charge in [-0.05, 0) is 37.6 Å². The van der Waals surface area contributed by atoms with Gasteiger partial charge >= 0.3 is 0 Å². The first-order valence-corrected chi connectivity index (χ1v) is 7.66. The number of carbonyl (C=O) groups is 1. The molecule has 3 rings (SSSR count). The summed E-state index contributed by atoms with van der Waals surface area (Å²) in [6.45, 7) is 1.86. The van der Waals surface area contributed by atoms with E-state index in [1.807, 2.05) is 0 Å². The van der Waals surface area contributed by atoms with E-state index < -0.39 is 36.6 Å². The van der Waals surface area contributed by atoms with Gasteiger partial charge < -0.3 is 15.4 Å². The lowest BCUT2D eigenvalue weighted by atomic mass is 10.1. The van der Waals surface area contributed by atoms with Crippen LogP contribution in [0.5, 0.6) is 11.6 Å². The molecule has 2 aromatic rings. The summed E-state index contributed by atoms with van der Waals surface area (Å²) in [5.74, 6) is -5.94. The van der Waals surface area contributed by atoms with Crippen molar-refractivity contribution in [2.75, 3.05) is 18.0 Å². The maximum absolute atomic E-state index is 13.7. The Morgan fingerprint density at radius 2 is 1.92 bits per heavy atom. The molecule has 1 fully saturated rings. The fourth-order valence-electron chi connectivity index (χ4n) is 2.67. The number of primary amides is 1. The Kier molecular flexibility index (Phi) is 4.25. The SMILES string of the molecule is Cc1cc(C(N)=O)c(Oc2ccc(F)c(F)c2C)nc1N1CC(F)(F)C1. The van der Waals surface area contributed by atoms with Crippen molar-refractivity contribution in [1.29, 1.82) is 0 Å². The third-order valence-electron chi connectivity index (χ3n) is 4.06. The molecule has 9 heteroatoms. The zero-order chi connectivity index (χ0) is 19.2. The molecule has 2 heterocycles. The molecule has 0 radical (unpaired) electrons. The molecule has 0 spiro atoms. The molecular weight excluding hydrogens is 354 g/mol. The van der Waals surface area contributed by atoms with Crippen LogP contribution in [-0.2, 0) is 0 Å². The van der Waals surface area contributed by atoms with Crippen LogP contribution in [0.25, 0.3) is 0 Å². The van der Waals surface area contributed by atoms with Gasteiger partial charge in [0, 0.05) is 5.56 Å². The Morgan fingerprint density at radius 3 is 2.50 bits per heavy atom. The van der Waals surface area contributed by atoms with Crippen molar-refractivity contribution >= 4 is 11.7 Å². The number of aromatic nitrogens is 1. The Morgan fingerprint density at radius 1 is 1.27 bits per heavy atom. The molecule has 0 unspecified atom stereocenters. The smallest absolute Gasteiger partial charge is 0.282 e. The lowest BCUT2D eigenvalue weighted by Crippen LogP contribution is -2.57. The Labute approximate surface area is 146 Å². The average Bonchev–Trinajstić information content (AvgIpc) is 2.54. The first-order valence-electron chi connectivity index (χ1n) is 7.66. The summed E-state index contributed by atoms with van der Waals surface area (Å²) < 4.78 is 58.7. The number of hydrogen-bond donors (Lipinski definition) is 1. The van der Waals surface area contributed by atoms with Crippen molar-refractivity contribution in [3.63, 3.8) is 0 Å². The second-order valence-corrected chi connectivity index (χ2v) is 6.14. The number of amides is 1. The molecule has 5 nitrogen and oxygen atoms in total. The van der Waals surface area contributed by atoms with Gasteiger partial charge in [-0.3, -0.25) is 4.79 Å². The molecule has 1 aromatic heterocycles. The molecule has 1 amide bonds. The molecule has 1 aliphatic rings. The normalized spacial score (nSPS) is 15.5. The van der Waals surface area contributed by atoms with E-state index in [1.165, 1.54) is 24.0 Å². The number of anilines is 1. The Balaban J connectivity index is 2.02. The third kappa shape index (κ3) is 3.16. The highest BCUT2D eigenvalue weighted by molar-refractivity contribution is 5.95. The number of alkyl halides is 2.